The maximum absolute atomic E-state index is 10.9. The lowest BCUT2D eigenvalue weighted by Gasteiger charge is -2.31. The second kappa shape index (κ2) is 5.97. The van der Waals surface area contributed by atoms with E-state index in [0.29, 0.717) is 0 Å². The fraction of sp³-hybridized carbons (Fsp3) is 0.667. The normalized spacial score (nSPS) is 25.8. The van der Waals surface area contributed by atoms with Gasteiger partial charge in [0.05, 0.1) is 24.3 Å². The molecule has 0 saturated heterocycles. The molecule has 100 valence electrons. The van der Waals surface area contributed by atoms with Gasteiger partial charge in [-0.2, -0.15) is 5.10 Å². The van der Waals surface area contributed by atoms with Crippen molar-refractivity contribution in [2.24, 2.45) is 0 Å². The molecule has 0 bridgehead atoms. The summed E-state index contributed by atoms with van der Waals surface area (Å²) >= 11 is 0. The smallest absolute Gasteiger partial charge is 0.305 e. The molecule has 0 spiro atoms. The highest BCUT2D eigenvalue weighted by atomic mass is 16.4. The molecular formula is C12H19N3O3. The highest BCUT2D eigenvalue weighted by Gasteiger charge is 2.27. The van der Waals surface area contributed by atoms with Crippen molar-refractivity contribution in [1.82, 2.24) is 15.5 Å². The van der Waals surface area contributed by atoms with Crippen LogP contribution >= 0.6 is 0 Å². The molecule has 0 aromatic carbocycles. The van der Waals surface area contributed by atoms with E-state index in [1.165, 1.54) is 0 Å². The van der Waals surface area contributed by atoms with Crippen LogP contribution in [0.2, 0.25) is 0 Å². The number of H-pyrrole nitrogens is 1. The summed E-state index contributed by atoms with van der Waals surface area (Å²) in [4.78, 5) is 10.9. The summed E-state index contributed by atoms with van der Waals surface area (Å²) in [5.74, 6) is -0.868. The number of aliphatic hydroxyl groups excluding tert-OH is 1. The average molecular weight is 253 g/mol. The molecule has 6 heteroatoms. The number of hydrogen-bond donors (Lipinski definition) is 4. The van der Waals surface area contributed by atoms with Crippen LogP contribution in [0.5, 0.6) is 0 Å². The predicted octanol–water partition coefficient (Wildman–Crippen LogP) is 0.819. The molecule has 0 aliphatic heterocycles. The van der Waals surface area contributed by atoms with Crippen LogP contribution in [0.15, 0.2) is 12.3 Å². The number of carbonyl (C=O) groups is 1. The minimum atomic E-state index is -0.868. The Morgan fingerprint density at radius 3 is 2.94 bits per heavy atom. The van der Waals surface area contributed by atoms with Crippen molar-refractivity contribution < 1.29 is 15.0 Å². The number of aliphatic carboxylic acids is 1. The Bertz CT molecular complexity index is 380. The Kier molecular flexibility index (Phi) is 4.33. The van der Waals surface area contributed by atoms with E-state index < -0.39 is 12.1 Å². The fourth-order valence-electron chi connectivity index (χ4n) is 2.46. The van der Waals surface area contributed by atoms with Crippen molar-refractivity contribution in [1.29, 1.82) is 0 Å². The Morgan fingerprint density at radius 2 is 2.33 bits per heavy atom. The first-order valence-electron chi connectivity index (χ1n) is 6.32. The number of carboxylic acid groups (broad SMARTS) is 1. The van der Waals surface area contributed by atoms with Crippen molar-refractivity contribution in [3.8, 4) is 0 Å². The molecule has 6 nitrogen and oxygen atoms in total. The summed E-state index contributed by atoms with van der Waals surface area (Å²) in [5, 5.41) is 28.7. The molecule has 1 aromatic rings. The van der Waals surface area contributed by atoms with Crippen LogP contribution in [0.25, 0.3) is 0 Å². The number of aromatic nitrogens is 2. The second-order valence-electron chi connectivity index (χ2n) is 4.79. The Labute approximate surface area is 105 Å². The first-order chi connectivity index (χ1) is 8.66. The monoisotopic (exact) mass is 253 g/mol. The molecule has 0 radical (unpaired) electrons. The molecule has 2 rings (SSSR count). The number of aliphatic hydroxyl groups is 1. The lowest BCUT2D eigenvalue weighted by Crippen LogP contribution is -2.44. The molecule has 4 N–H and O–H groups in total. The first-order valence-corrected chi connectivity index (χ1v) is 6.32. The zero-order valence-corrected chi connectivity index (χ0v) is 10.2. The molecule has 3 unspecified atom stereocenters. The highest BCUT2D eigenvalue weighted by Crippen LogP contribution is 2.23. The molecular weight excluding hydrogens is 234 g/mol. The number of hydrogen-bond acceptors (Lipinski definition) is 4. The van der Waals surface area contributed by atoms with E-state index >= 15 is 0 Å². The van der Waals surface area contributed by atoms with E-state index in [9.17, 15) is 9.90 Å². The Hall–Kier alpha value is -1.40. The van der Waals surface area contributed by atoms with E-state index in [1.54, 1.807) is 12.3 Å². The van der Waals surface area contributed by atoms with Crippen LogP contribution in [0.1, 0.15) is 43.8 Å². The zero-order chi connectivity index (χ0) is 13.0. The van der Waals surface area contributed by atoms with Crippen molar-refractivity contribution in [3.63, 3.8) is 0 Å². The number of carboxylic acids is 1. The summed E-state index contributed by atoms with van der Waals surface area (Å²) < 4.78 is 0. The lowest BCUT2D eigenvalue weighted by atomic mass is 9.91. The predicted molar refractivity (Wildman–Crippen MR) is 65.0 cm³/mol. The average Bonchev–Trinajstić information content (AvgIpc) is 2.84. The SMILES string of the molecule is O=C(O)CC(NC1CCCCC1O)c1ccn[nH]1. The van der Waals surface area contributed by atoms with E-state index in [0.717, 1.165) is 31.4 Å². The molecule has 3 atom stereocenters. The standard InChI is InChI=1S/C12H19N3O3/c16-11-4-2-1-3-9(11)14-10(7-12(17)18)8-5-6-13-15-8/h5-6,9-11,14,16H,1-4,7H2,(H,13,15)(H,17,18). The quantitative estimate of drug-likeness (QED) is 0.622. The summed E-state index contributed by atoms with van der Waals surface area (Å²) in [7, 11) is 0. The van der Waals surface area contributed by atoms with Gasteiger partial charge < -0.3 is 15.5 Å². The molecule has 1 heterocycles. The summed E-state index contributed by atoms with van der Waals surface area (Å²) in [6.07, 6.45) is 4.95. The van der Waals surface area contributed by atoms with Crippen molar-refractivity contribution >= 4 is 5.97 Å². The molecule has 1 saturated carbocycles. The summed E-state index contributed by atoms with van der Waals surface area (Å²) in [6, 6.07) is 1.39. The van der Waals surface area contributed by atoms with Gasteiger partial charge >= 0.3 is 5.97 Å². The third-order valence-corrected chi connectivity index (χ3v) is 3.42. The highest BCUT2D eigenvalue weighted by molar-refractivity contribution is 5.67. The van der Waals surface area contributed by atoms with Crippen LogP contribution in [0.4, 0.5) is 0 Å². The third-order valence-electron chi connectivity index (χ3n) is 3.42. The summed E-state index contributed by atoms with van der Waals surface area (Å²) in [6.45, 7) is 0. The molecule has 1 fully saturated rings. The van der Waals surface area contributed by atoms with E-state index in [-0.39, 0.29) is 18.5 Å². The van der Waals surface area contributed by atoms with Gasteiger partial charge in [-0.25, -0.2) is 0 Å². The summed E-state index contributed by atoms with van der Waals surface area (Å²) in [5.41, 5.74) is 0.746. The second-order valence-corrected chi connectivity index (χ2v) is 4.79. The largest absolute Gasteiger partial charge is 0.481 e. The van der Waals surface area contributed by atoms with Crippen molar-refractivity contribution in [2.75, 3.05) is 0 Å². The molecule has 18 heavy (non-hydrogen) atoms. The van der Waals surface area contributed by atoms with Crippen LogP contribution < -0.4 is 5.32 Å². The maximum atomic E-state index is 10.9. The van der Waals surface area contributed by atoms with E-state index in [1.807, 2.05) is 0 Å². The fourth-order valence-corrected chi connectivity index (χ4v) is 2.46. The van der Waals surface area contributed by atoms with Crippen LogP contribution in [0, 0.1) is 0 Å². The molecule has 0 amide bonds. The molecule has 1 aliphatic rings. The number of rotatable bonds is 5. The molecule has 1 aromatic heterocycles. The first kappa shape index (κ1) is 13.0. The van der Waals surface area contributed by atoms with Crippen molar-refractivity contribution in [2.45, 2.75) is 50.3 Å². The van der Waals surface area contributed by atoms with Gasteiger partial charge in [0.25, 0.3) is 0 Å². The van der Waals surface area contributed by atoms with Crippen LogP contribution in [-0.2, 0) is 4.79 Å². The van der Waals surface area contributed by atoms with Gasteiger partial charge in [0, 0.05) is 12.2 Å². The van der Waals surface area contributed by atoms with Gasteiger partial charge in [-0.15, -0.1) is 0 Å². The van der Waals surface area contributed by atoms with Crippen LogP contribution in [0.3, 0.4) is 0 Å². The topological polar surface area (TPSA) is 98.2 Å². The van der Waals surface area contributed by atoms with Gasteiger partial charge in [-0.1, -0.05) is 12.8 Å². The zero-order valence-electron chi connectivity index (χ0n) is 10.2. The minimum absolute atomic E-state index is 0.0224. The van der Waals surface area contributed by atoms with E-state index in [2.05, 4.69) is 15.5 Å². The minimum Gasteiger partial charge on any atom is -0.481 e. The number of nitrogens with one attached hydrogen (secondary N) is 2. The Balaban J connectivity index is 2.02. The van der Waals surface area contributed by atoms with Gasteiger partial charge in [0.15, 0.2) is 0 Å². The Morgan fingerprint density at radius 1 is 1.56 bits per heavy atom. The van der Waals surface area contributed by atoms with Gasteiger partial charge in [-0.3, -0.25) is 9.89 Å². The van der Waals surface area contributed by atoms with Crippen molar-refractivity contribution in [3.05, 3.63) is 18.0 Å². The third kappa shape index (κ3) is 3.30. The van der Waals surface area contributed by atoms with Crippen LogP contribution in [-0.4, -0.2) is 38.5 Å². The van der Waals surface area contributed by atoms with Gasteiger partial charge in [-0.05, 0) is 18.9 Å². The van der Waals surface area contributed by atoms with Gasteiger partial charge in [0.2, 0.25) is 0 Å². The number of aromatic amines is 1. The van der Waals surface area contributed by atoms with E-state index in [4.69, 9.17) is 5.11 Å². The number of nitrogens with zero attached hydrogens (tertiary/aromatic N) is 1. The lowest BCUT2D eigenvalue weighted by molar-refractivity contribution is -0.137. The van der Waals surface area contributed by atoms with Gasteiger partial charge in [0.1, 0.15) is 0 Å². The maximum Gasteiger partial charge on any atom is 0.305 e. The molecule has 1 aliphatic carbocycles.